The zero-order valence-electron chi connectivity index (χ0n) is 10.1. The van der Waals surface area contributed by atoms with E-state index in [2.05, 4.69) is 4.98 Å². The first-order valence-corrected chi connectivity index (χ1v) is 5.84. The lowest BCUT2D eigenvalue weighted by molar-refractivity contribution is 0.467. The summed E-state index contributed by atoms with van der Waals surface area (Å²) in [5.74, 6) is 1.14. The Hall–Kier alpha value is -2.75. The lowest BCUT2D eigenvalue weighted by atomic mass is 10.1. The highest BCUT2D eigenvalue weighted by Crippen LogP contribution is 2.32. The number of nitrogens with two attached hydrogens (primary N) is 1. The van der Waals surface area contributed by atoms with Crippen molar-refractivity contribution in [1.29, 1.82) is 0 Å². The molecule has 2 aromatic carbocycles. The lowest BCUT2D eigenvalue weighted by Crippen LogP contribution is -1.93. The monoisotopic (exact) mass is 252 g/mol. The van der Waals surface area contributed by atoms with Gasteiger partial charge in [0.1, 0.15) is 5.75 Å². The average molecular weight is 252 g/mol. The summed E-state index contributed by atoms with van der Waals surface area (Å²) >= 11 is 0. The van der Waals surface area contributed by atoms with E-state index in [1.54, 1.807) is 30.5 Å². The van der Waals surface area contributed by atoms with E-state index in [1.165, 1.54) is 0 Å². The number of hydrogen-bond donors (Lipinski definition) is 2. The molecule has 4 nitrogen and oxygen atoms in total. The number of rotatable bonds is 2. The van der Waals surface area contributed by atoms with E-state index in [-0.39, 0.29) is 5.75 Å². The molecule has 94 valence electrons. The fraction of sp³-hybridized carbons (Fsp3) is 0. The van der Waals surface area contributed by atoms with Crippen molar-refractivity contribution in [3.63, 3.8) is 0 Å². The highest BCUT2D eigenvalue weighted by molar-refractivity contribution is 5.88. The summed E-state index contributed by atoms with van der Waals surface area (Å²) in [6, 6.07) is 14.1. The van der Waals surface area contributed by atoms with E-state index >= 15 is 0 Å². The number of pyridine rings is 1. The minimum atomic E-state index is 0.173. The van der Waals surface area contributed by atoms with Crippen LogP contribution in [-0.2, 0) is 0 Å². The smallest absolute Gasteiger partial charge is 0.227 e. The fourth-order valence-electron chi connectivity index (χ4n) is 1.89. The Morgan fingerprint density at radius 3 is 2.74 bits per heavy atom. The summed E-state index contributed by atoms with van der Waals surface area (Å²) in [4.78, 5) is 4.20. The second-order valence-corrected chi connectivity index (χ2v) is 4.16. The number of benzene rings is 2. The molecule has 3 rings (SSSR count). The first-order chi connectivity index (χ1) is 9.24. The number of phenolic OH excluding ortho intramolecular Hbond substituents is 1. The Labute approximate surface area is 110 Å². The van der Waals surface area contributed by atoms with Gasteiger partial charge < -0.3 is 15.6 Å². The van der Waals surface area contributed by atoms with Gasteiger partial charge in [-0.3, -0.25) is 0 Å². The second-order valence-electron chi connectivity index (χ2n) is 4.16. The molecule has 0 fully saturated rings. The van der Waals surface area contributed by atoms with Gasteiger partial charge in [-0.05, 0) is 35.7 Å². The zero-order valence-corrected chi connectivity index (χ0v) is 10.1. The third-order valence-electron chi connectivity index (χ3n) is 2.84. The minimum Gasteiger partial charge on any atom is -0.508 e. The highest BCUT2D eigenvalue weighted by atomic mass is 16.5. The van der Waals surface area contributed by atoms with E-state index in [4.69, 9.17) is 10.5 Å². The SMILES string of the molecule is Nc1ccccc1Oc1nccc2ccc(O)cc12. The van der Waals surface area contributed by atoms with Gasteiger partial charge >= 0.3 is 0 Å². The molecule has 0 aliphatic heterocycles. The number of hydrogen-bond acceptors (Lipinski definition) is 4. The van der Waals surface area contributed by atoms with Gasteiger partial charge in [0.2, 0.25) is 5.88 Å². The number of aromatic hydroxyl groups is 1. The van der Waals surface area contributed by atoms with Gasteiger partial charge in [0.05, 0.1) is 5.69 Å². The maximum Gasteiger partial charge on any atom is 0.227 e. The molecule has 0 atom stereocenters. The van der Waals surface area contributed by atoms with Crippen molar-refractivity contribution in [2.45, 2.75) is 0 Å². The molecular formula is C15H12N2O2. The van der Waals surface area contributed by atoms with E-state index in [0.29, 0.717) is 17.3 Å². The van der Waals surface area contributed by atoms with Crippen molar-refractivity contribution in [1.82, 2.24) is 4.98 Å². The van der Waals surface area contributed by atoms with Crippen LogP contribution >= 0.6 is 0 Å². The van der Waals surface area contributed by atoms with Gasteiger partial charge in [-0.2, -0.15) is 0 Å². The third kappa shape index (κ3) is 2.15. The third-order valence-corrected chi connectivity index (χ3v) is 2.84. The normalized spacial score (nSPS) is 10.5. The molecule has 0 saturated carbocycles. The van der Waals surface area contributed by atoms with Crippen molar-refractivity contribution in [3.8, 4) is 17.4 Å². The molecular weight excluding hydrogens is 240 g/mol. The molecule has 0 spiro atoms. The Morgan fingerprint density at radius 1 is 1.05 bits per heavy atom. The van der Waals surface area contributed by atoms with E-state index in [0.717, 1.165) is 10.8 Å². The van der Waals surface area contributed by atoms with Gasteiger partial charge in [-0.25, -0.2) is 4.98 Å². The maximum atomic E-state index is 9.57. The molecule has 0 bridgehead atoms. The fourth-order valence-corrected chi connectivity index (χ4v) is 1.89. The first kappa shape index (κ1) is 11.3. The van der Waals surface area contributed by atoms with Crippen LogP contribution in [0.5, 0.6) is 17.4 Å². The van der Waals surface area contributed by atoms with E-state index in [9.17, 15) is 5.11 Å². The number of phenols is 1. The minimum absolute atomic E-state index is 0.173. The predicted octanol–water partition coefficient (Wildman–Crippen LogP) is 3.31. The number of fused-ring (bicyclic) bond motifs is 1. The summed E-state index contributed by atoms with van der Waals surface area (Å²) in [7, 11) is 0. The van der Waals surface area contributed by atoms with Crippen molar-refractivity contribution >= 4 is 16.5 Å². The standard InChI is InChI=1S/C15H12N2O2/c16-13-3-1-2-4-14(13)19-15-12-9-11(18)6-5-10(12)7-8-17-15/h1-9,18H,16H2. The van der Waals surface area contributed by atoms with Crippen LogP contribution in [0, 0.1) is 0 Å². The Bertz CT molecular complexity index is 741. The van der Waals surface area contributed by atoms with Crippen LogP contribution in [0.25, 0.3) is 10.8 Å². The first-order valence-electron chi connectivity index (χ1n) is 5.84. The molecule has 4 heteroatoms. The maximum absolute atomic E-state index is 9.57. The van der Waals surface area contributed by atoms with Gasteiger partial charge in [0.25, 0.3) is 0 Å². The number of nitrogens with zero attached hydrogens (tertiary/aromatic N) is 1. The van der Waals surface area contributed by atoms with Gasteiger partial charge in [-0.1, -0.05) is 18.2 Å². The molecule has 1 aromatic heterocycles. The molecule has 3 aromatic rings. The Balaban J connectivity index is 2.10. The van der Waals surface area contributed by atoms with Crippen LogP contribution in [0.2, 0.25) is 0 Å². The number of anilines is 1. The highest BCUT2D eigenvalue weighted by Gasteiger charge is 2.07. The summed E-state index contributed by atoms with van der Waals surface area (Å²) in [5, 5.41) is 11.3. The average Bonchev–Trinajstić information content (AvgIpc) is 2.42. The molecule has 0 aliphatic carbocycles. The number of nitrogen functional groups attached to an aromatic ring is 1. The summed E-state index contributed by atoms with van der Waals surface area (Å²) in [6.07, 6.45) is 1.66. The Kier molecular flexibility index (Phi) is 2.68. The summed E-state index contributed by atoms with van der Waals surface area (Å²) in [5.41, 5.74) is 6.38. The Morgan fingerprint density at radius 2 is 1.89 bits per heavy atom. The van der Waals surface area contributed by atoms with Crippen LogP contribution in [0.4, 0.5) is 5.69 Å². The topological polar surface area (TPSA) is 68.4 Å². The molecule has 19 heavy (non-hydrogen) atoms. The molecule has 0 saturated heterocycles. The number of para-hydroxylation sites is 2. The molecule has 0 unspecified atom stereocenters. The quantitative estimate of drug-likeness (QED) is 0.686. The molecule has 3 N–H and O–H groups in total. The molecule has 1 heterocycles. The number of aromatic nitrogens is 1. The van der Waals surface area contributed by atoms with Crippen LogP contribution in [0.1, 0.15) is 0 Å². The second kappa shape index (κ2) is 4.49. The molecule has 0 aliphatic rings. The van der Waals surface area contributed by atoms with Gasteiger partial charge in [0.15, 0.2) is 5.75 Å². The lowest BCUT2D eigenvalue weighted by Gasteiger charge is -2.09. The summed E-state index contributed by atoms with van der Waals surface area (Å²) in [6.45, 7) is 0. The van der Waals surface area contributed by atoms with Crippen molar-refractivity contribution in [2.75, 3.05) is 5.73 Å². The molecule has 0 amide bonds. The van der Waals surface area contributed by atoms with Crippen LogP contribution in [0.3, 0.4) is 0 Å². The number of ether oxygens (including phenoxy) is 1. The van der Waals surface area contributed by atoms with Gasteiger partial charge in [0, 0.05) is 11.6 Å². The molecule has 0 radical (unpaired) electrons. The van der Waals surface area contributed by atoms with Crippen molar-refractivity contribution in [3.05, 3.63) is 54.7 Å². The summed E-state index contributed by atoms with van der Waals surface area (Å²) < 4.78 is 5.73. The zero-order chi connectivity index (χ0) is 13.2. The van der Waals surface area contributed by atoms with E-state index < -0.39 is 0 Å². The largest absolute Gasteiger partial charge is 0.508 e. The van der Waals surface area contributed by atoms with Crippen LogP contribution in [0.15, 0.2) is 54.7 Å². The van der Waals surface area contributed by atoms with Crippen LogP contribution in [-0.4, -0.2) is 10.1 Å². The van der Waals surface area contributed by atoms with Crippen molar-refractivity contribution in [2.24, 2.45) is 0 Å². The van der Waals surface area contributed by atoms with Crippen LogP contribution < -0.4 is 10.5 Å². The van der Waals surface area contributed by atoms with E-state index in [1.807, 2.05) is 24.3 Å². The van der Waals surface area contributed by atoms with Gasteiger partial charge in [-0.15, -0.1) is 0 Å². The predicted molar refractivity (Wildman–Crippen MR) is 74.3 cm³/mol. The van der Waals surface area contributed by atoms with Crippen molar-refractivity contribution < 1.29 is 9.84 Å².